The maximum Gasteiger partial charge on any atom is 0.191 e. The summed E-state index contributed by atoms with van der Waals surface area (Å²) >= 11 is 2.03. The zero-order chi connectivity index (χ0) is 18.1. The quantitative estimate of drug-likeness (QED) is 0.334. The number of aliphatic imine (C=N–C) groups is 1. The SMILES string of the molecule is CCNC(=NCC1(SCC)CCOCC1)NC(C)c1ccccc1C.I. The highest BCUT2D eigenvalue weighted by Crippen LogP contribution is 2.35. The molecule has 1 aromatic rings. The van der Waals surface area contributed by atoms with E-state index in [1.54, 1.807) is 0 Å². The molecule has 0 radical (unpaired) electrons. The predicted molar refractivity (Wildman–Crippen MR) is 125 cm³/mol. The van der Waals surface area contributed by atoms with E-state index in [1.165, 1.54) is 11.1 Å². The molecule has 0 saturated carbocycles. The van der Waals surface area contributed by atoms with Gasteiger partial charge in [-0.2, -0.15) is 11.8 Å². The van der Waals surface area contributed by atoms with Gasteiger partial charge in [0.15, 0.2) is 5.96 Å². The summed E-state index contributed by atoms with van der Waals surface area (Å²) in [5.41, 5.74) is 2.62. The third-order valence-electron chi connectivity index (χ3n) is 4.73. The van der Waals surface area contributed by atoms with E-state index in [0.29, 0.717) is 0 Å². The van der Waals surface area contributed by atoms with Crippen molar-refractivity contribution in [1.82, 2.24) is 10.6 Å². The van der Waals surface area contributed by atoms with Gasteiger partial charge in [0.25, 0.3) is 0 Å². The van der Waals surface area contributed by atoms with Crippen molar-refractivity contribution in [3.8, 4) is 0 Å². The molecule has 1 aliphatic rings. The third kappa shape index (κ3) is 6.93. The maximum atomic E-state index is 5.57. The second-order valence-corrected chi connectivity index (χ2v) is 8.38. The van der Waals surface area contributed by atoms with Gasteiger partial charge in [0.2, 0.25) is 0 Å². The van der Waals surface area contributed by atoms with E-state index in [9.17, 15) is 0 Å². The van der Waals surface area contributed by atoms with E-state index in [0.717, 1.165) is 50.9 Å². The minimum atomic E-state index is 0. The van der Waals surface area contributed by atoms with Crippen LogP contribution in [-0.4, -0.2) is 42.8 Å². The van der Waals surface area contributed by atoms with Crippen molar-refractivity contribution >= 4 is 41.7 Å². The summed E-state index contributed by atoms with van der Waals surface area (Å²) < 4.78 is 5.79. The molecule has 0 bridgehead atoms. The Kier molecular flexibility index (Phi) is 11.0. The van der Waals surface area contributed by atoms with Crippen LogP contribution in [0.2, 0.25) is 0 Å². The highest BCUT2D eigenvalue weighted by molar-refractivity contribution is 14.0. The van der Waals surface area contributed by atoms with Gasteiger partial charge in [-0.3, -0.25) is 4.99 Å². The molecule has 4 nitrogen and oxygen atoms in total. The van der Waals surface area contributed by atoms with Crippen molar-refractivity contribution in [2.24, 2.45) is 4.99 Å². The summed E-state index contributed by atoms with van der Waals surface area (Å²) in [6.07, 6.45) is 2.17. The minimum Gasteiger partial charge on any atom is -0.381 e. The van der Waals surface area contributed by atoms with Gasteiger partial charge in [-0.1, -0.05) is 31.2 Å². The second kappa shape index (κ2) is 12.1. The lowest BCUT2D eigenvalue weighted by Crippen LogP contribution is -2.42. The number of nitrogens with zero attached hydrogens (tertiary/aromatic N) is 1. The van der Waals surface area contributed by atoms with Gasteiger partial charge >= 0.3 is 0 Å². The van der Waals surface area contributed by atoms with E-state index in [1.807, 2.05) is 11.8 Å². The number of hydrogen-bond acceptors (Lipinski definition) is 3. The Morgan fingerprint density at radius 3 is 2.58 bits per heavy atom. The predicted octanol–water partition coefficient (Wildman–Crippen LogP) is 4.53. The molecule has 1 aromatic carbocycles. The molecule has 0 amide bonds. The Hall–Kier alpha value is -0.470. The van der Waals surface area contributed by atoms with Gasteiger partial charge in [-0.15, -0.1) is 24.0 Å². The van der Waals surface area contributed by atoms with E-state index in [2.05, 4.69) is 62.6 Å². The Morgan fingerprint density at radius 2 is 1.96 bits per heavy atom. The summed E-state index contributed by atoms with van der Waals surface area (Å²) in [7, 11) is 0. The Bertz CT molecular complexity index is 556. The molecular formula is C20H34IN3OS. The molecule has 1 atom stereocenters. The summed E-state index contributed by atoms with van der Waals surface area (Å²) in [5.74, 6) is 2.03. The number of guanidine groups is 1. The molecule has 1 heterocycles. The van der Waals surface area contributed by atoms with Crippen LogP contribution in [0.4, 0.5) is 0 Å². The van der Waals surface area contributed by atoms with Crippen LogP contribution in [0.15, 0.2) is 29.3 Å². The minimum absolute atomic E-state index is 0. The van der Waals surface area contributed by atoms with Crippen LogP contribution in [0.1, 0.15) is 50.8 Å². The fraction of sp³-hybridized carbons (Fsp3) is 0.650. The first-order chi connectivity index (χ1) is 12.1. The topological polar surface area (TPSA) is 45.7 Å². The van der Waals surface area contributed by atoms with Crippen LogP contribution in [0.25, 0.3) is 0 Å². The van der Waals surface area contributed by atoms with Crippen LogP contribution in [0.5, 0.6) is 0 Å². The molecule has 6 heteroatoms. The molecule has 1 unspecified atom stereocenters. The normalized spacial score (nSPS) is 17.9. The fourth-order valence-corrected chi connectivity index (χ4v) is 4.52. The second-order valence-electron chi connectivity index (χ2n) is 6.65. The number of ether oxygens (including phenoxy) is 1. The summed E-state index contributed by atoms with van der Waals surface area (Å²) in [6, 6.07) is 8.75. The standard InChI is InChI=1S/C20H33N3OS.HI/c1-5-21-19(23-17(4)18-10-8-7-9-16(18)3)22-15-20(25-6-2)11-13-24-14-12-20;/h7-10,17H,5-6,11-15H2,1-4H3,(H2,21,22,23);1H. The highest BCUT2D eigenvalue weighted by atomic mass is 127. The molecule has 26 heavy (non-hydrogen) atoms. The van der Waals surface area contributed by atoms with Crippen LogP contribution >= 0.6 is 35.7 Å². The molecule has 0 aliphatic carbocycles. The lowest BCUT2D eigenvalue weighted by molar-refractivity contribution is 0.0793. The zero-order valence-corrected chi connectivity index (χ0v) is 19.7. The van der Waals surface area contributed by atoms with Gasteiger partial charge in [-0.05, 0) is 50.5 Å². The largest absolute Gasteiger partial charge is 0.381 e. The molecule has 148 valence electrons. The van der Waals surface area contributed by atoms with Crippen LogP contribution < -0.4 is 10.6 Å². The monoisotopic (exact) mass is 491 g/mol. The molecule has 0 aromatic heterocycles. The van der Waals surface area contributed by atoms with E-state index in [4.69, 9.17) is 9.73 Å². The Labute approximate surface area is 180 Å². The first kappa shape index (κ1) is 23.6. The zero-order valence-electron chi connectivity index (χ0n) is 16.5. The van der Waals surface area contributed by atoms with E-state index < -0.39 is 0 Å². The average Bonchev–Trinajstić information content (AvgIpc) is 2.61. The summed E-state index contributed by atoms with van der Waals surface area (Å²) in [4.78, 5) is 4.94. The maximum absolute atomic E-state index is 5.57. The first-order valence-corrected chi connectivity index (χ1v) is 10.4. The van der Waals surface area contributed by atoms with Crippen molar-refractivity contribution in [3.63, 3.8) is 0 Å². The number of hydrogen-bond donors (Lipinski definition) is 2. The summed E-state index contributed by atoms with van der Waals surface area (Å²) in [6.45, 7) is 12.1. The molecule has 2 rings (SSSR count). The van der Waals surface area contributed by atoms with Gasteiger partial charge in [0, 0.05) is 24.5 Å². The van der Waals surface area contributed by atoms with E-state index >= 15 is 0 Å². The highest BCUT2D eigenvalue weighted by Gasteiger charge is 2.32. The van der Waals surface area contributed by atoms with Gasteiger partial charge in [0.05, 0.1) is 12.6 Å². The third-order valence-corrected chi connectivity index (χ3v) is 6.17. The van der Waals surface area contributed by atoms with Gasteiger partial charge in [-0.25, -0.2) is 0 Å². The number of thioether (sulfide) groups is 1. The number of rotatable bonds is 7. The lowest BCUT2D eigenvalue weighted by Gasteiger charge is -2.35. The smallest absolute Gasteiger partial charge is 0.191 e. The molecular weight excluding hydrogens is 457 g/mol. The van der Waals surface area contributed by atoms with Crippen molar-refractivity contribution in [2.75, 3.05) is 32.1 Å². The number of nitrogens with one attached hydrogen (secondary N) is 2. The van der Waals surface area contributed by atoms with Crippen molar-refractivity contribution in [2.45, 2.75) is 51.3 Å². The van der Waals surface area contributed by atoms with Gasteiger partial charge in [0.1, 0.15) is 0 Å². The Balaban J connectivity index is 0.00000338. The van der Waals surface area contributed by atoms with Gasteiger partial charge < -0.3 is 15.4 Å². The van der Waals surface area contributed by atoms with Crippen LogP contribution in [-0.2, 0) is 4.74 Å². The summed E-state index contributed by atoms with van der Waals surface area (Å²) in [5, 5.41) is 6.97. The van der Waals surface area contributed by atoms with Crippen molar-refractivity contribution < 1.29 is 4.74 Å². The average molecular weight is 491 g/mol. The van der Waals surface area contributed by atoms with Crippen LogP contribution in [0, 0.1) is 6.92 Å². The molecule has 1 saturated heterocycles. The number of benzene rings is 1. The molecule has 1 aliphatic heterocycles. The van der Waals surface area contributed by atoms with E-state index in [-0.39, 0.29) is 34.8 Å². The van der Waals surface area contributed by atoms with Crippen molar-refractivity contribution in [3.05, 3.63) is 35.4 Å². The molecule has 1 fully saturated rings. The molecule has 2 N–H and O–H groups in total. The fourth-order valence-electron chi connectivity index (χ4n) is 3.30. The molecule has 0 spiro atoms. The number of halogens is 1. The van der Waals surface area contributed by atoms with Crippen LogP contribution in [0.3, 0.4) is 0 Å². The lowest BCUT2D eigenvalue weighted by atomic mass is 9.99. The van der Waals surface area contributed by atoms with Crippen molar-refractivity contribution in [1.29, 1.82) is 0 Å². The number of aryl methyl sites for hydroxylation is 1. The first-order valence-electron chi connectivity index (χ1n) is 9.42. The Morgan fingerprint density at radius 1 is 1.27 bits per heavy atom.